The van der Waals surface area contributed by atoms with Crippen LogP contribution in [0.15, 0.2) is 56.8 Å². The minimum Gasteiger partial charge on any atom is -0.369 e. The van der Waals surface area contributed by atoms with Gasteiger partial charge in [-0.1, -0.05) is 0 Å². The van der Waals surface area contributed by atoms with E-state index in [4.69, 9.17) is 44.6 Å². The molecule has 2 amide bonds. The van der Waals surface area contributed by atoms with Crippen molar-refractivity contribution in [3.8, 4) is 0 Å². The number of nitrogens with zero attached hydrogens (tertiary/aromatic N) is 4. The molecule has 44 heavy (non-hydrogen) atoms. The van der Waals surface area contributed by atoms with E-state index in [0.29, 0.717) is 56.5 Å². The van der Waals surface area contributed by atoms with Gasteiger partial charge in [-0.15, -0.1) is 0 Å². The number of nitrogens with one attached hydrogen (secondary N) is 10. The van der Waals surface area contributed by atoms with Crippen LogP contribution in [0.25, 0.3) is 0 Å². The first-order valence-electron chi connectivity index (χ1n) is 12.6. The van der Waals surface area contributed by atoms with Gasteiger partial charge in [0.2, 0.25) is 23.8 Å². The lowest BCUT2D eigenvalue weighted by molar-refractivity contribution is 0.262. The van der Waals surface area contributed by atoms with Crippen LogP contribution in [0, 0.1) is 21.6 Å². The Morgan fingerprint density at radius 1 is 0.500 bits per heavy atom. The smallest absolute Gasteiger partial charge is 0.323 e. The van der Waals surface area contributed by atoms with E-state index in [1.807, 2.05) is 0 Å². The van der Waals surface area contributed by atoms with Gasteiger partial charge < -0.3 is 33.6 Å². The van der Waals surface area contributed by atoms with E-state index in [0.717, 1.165) is 0 Å². The molecule has 0 spiro atoms. The fraction of sp³-hybridized carbons (Fsp3) is 0.160. The van der Waals surface area contributed by atoms with Crippen molar-refractivity contribution in [1.82, 2.24) is 21.7 Å². The SMILES string of the molecule is C/C(=N\NC(=N)N)c1cc(NC(=O)Nc2cc(/C(C)=N/NC(=N)N)cc(/C(C)=N/NC(=N)N)c2)cc(/C(C)=N/NC(=N)N)c1. The van der Waals surface area contributed by atoms with Crippen LogP contribution < -0.4 is 55.3 Å². The maximum Gasteiger partial charge on any atom is 0.323 e. The van der Waals surface area contributed by atoms with Gasteiger partial charge in [-0.3, -0.25) is 21.6 Å². The van der Waals surface area contributed by atoms with Crippen LogP contribution in [0.1, 0.15) is 49.9 Å². The highest BCUT2D eigenvalue weighted by Gasteiger charge is 2.12. The molecule has 0 radical (unpaired) electrons. The summed E-state index contributed by atoms with van der Waals surface area (Å²) in [6.45, 7) is 6.73. The Morgan fingerprint density at radius 3 is 0.932 bits per heavy atom. The van der Waals surface area contributed by atoms with E-state index in [2.05, 4.69) is 52.7 Å². The average Bonchev–Trinajstić information content (AvgIpc) is 2.95. The Hall–Kier alpha value is -6.53. The second-order valence-electron chi connectivity index (χ2n) is 9.07. The lowest BCUT2D eigenvalue weighted by Crippen LogP contribution is -2.27. The molecule has 0 aromatic heterocycles. The van der Waals surface area contributed by atoms with E-state index >= 15 is 0 Å². The van der Waals surface area contributed by atoms with Gasteiger partial charge in [-0.2, -0.15) is 20.4 Å². The number of guanidine groups is 4. The van der Waals surface area contributed by atoms with Crippen molar-refractivity contribution >= 4 is 64.1 Å². The van der Waals surface area contributed by atoms with Gasteiger partial charge in [0, 0.05) is 33.6 Å². The van der Waals surface area contributed by atoms with E-state index < -0.39 is 6.03 Å². The summed E-state index contributed by atoms with van der Waals surface area (Å²) < 4.78 is 0. The molecular weight excluding hydrogens is 568 g/mol. The number of hydrogen-bond donors (Lipinski definition) is 14. The number of rotatable bonds is 10. The summed E-state index contributed by atoms with van der Waals surface area (Å²) in [6, 6.07) is 9.52. The Labute approximate surface area is 252 Å². The molecule has 2 rings (SSSR count). The Kier molecular flexibility index (Phi) is 11.8. The van der Waals surface area contributed by atoms with Gasteiger partial charge in [0.25, 0.3) is 0 Å². The van der Waals surface area contributed by atoms with Crippen molar-refractivity contribution in [2.75, 3.05) is 10.6 Å². The highest BCUT2D eigenvalue weighted by Crippen LogP contribution is 2.20. The molecule has 0 aliphatic carbocycles. The molecular formula is C25H36N18O. The number of hydrazone groups is 4. The van der Waals surface area contributed by atoms with Crippen LogP contribution in [-0.2, 0) is 0 Å². The maximum absolute atomic E-state index is 13.2. The third-order valence-electron chi connectivity index (χ3n) is 5.43. The second kappa shape index (κ2) is 15.5. The van der Waals surface area contributed by atoms with Gasteiger partial charge >= 0.3 is 6.03 Å². The predicted octanol–water partition coefficient (Wildman–Crippen LogP) is 0.159. The fourth-order valence-electron chi connectivity index (χ4n) is 3.36. The first kappa shape index (κ1) is 33.7. The molecule has 0 saturated carbocycles. The van der Waals surface area contributed by atoms with Crippen LogP contribution in [-0.4, -0.2) is 52.7 Å². The number of amides is 2. The molecule has 19 heteroatoms. The monoisotopic (exact) mass is 604 g/mol. The topological polar surface area (TPSA) is 338 Å². The van der Waals surface area contributed by atoms with Crippen molar-refractivity contribution in [3.63, 3.8) is 0 Å². The van der Waals surface area contributed by atoms with E-state index in [1.165, 1.54) is 0 Å². The normalized spacial score (nSPS) is 12.1. The summed E-state index contributed by atoms with van der Waals surface area (Å²) in [5.41, 5.74) is 35.7. The number of anilines is 2. The first-order chi connectivity index (χ1) is 20.6. The van der Waals surface area contributed by atoms with E-state index in [9.17, 15) is 4.79 Å². The largest absolute Gasteiger partial charge is 0.369 e. The molecule has 18 N–H and O–H groups in total. The van der Waals surface area contributed by atoms with Crippen LogP contribution in [0.3, 0.4) is 0 Å². The van der Waals surface area contributed by atoms with Crippen LogP contribution in [0.5, 0.6) is 0 Å². The second-order valence-corrected chi connectivity index (χ2v) is 9.07. The zero-order valence-corrected chi connectivity index (χ0v) is 24.5. The quantitative estimate of drug-likeness (QED) is 0.0995. The van der Waals surface area contributed by atoms with Crippen molar-refractivity contribution in [1.29, 1.82) is 21.6 Å². The summed E-state index contributed by atoms with van der Waals surface area (Å²) >= 11 is 0. The molecule has 2 aromatic carbocycles. The summed E-state index contributed by atoms with van der Waals surface area (Å²) in [7, 11) is 0. The third kappa shape index (κ3) is 11.2. The van der Waals surface area contributed by atoms with Gasteiger partial charge in [0.15, 0.2) is 0 Å². The van der Waals surface area contributed by atoms with Gasteiger partial charge in [-0.25, -0.2) is 26.5 Å². The number of carbonyl (C=O) groups is 1. The van der Waals surface area contributed by atoms with Gasteiger partial charge in [0.05, 0.1) is 22.8 Å². The highest BCUT2D eigenvalue weighted by atomic mass is 16.2. The van der Waals surface area contributed by atoms with E-state index in [1.54, 1.807) is 64.1 Å². The van der Waals surface area contributed by atoms with Gasteiger partial charge in [-0.05, 0) is 64.1 Å². The van der Waals surface area contributed by atoms with Crippen LogP contribution >= 0.6 is 0 Å². The van der Waals surface area contributed by atoms with Crippen molar-refractivity contribution in [2.24, 2.45) is 43.3 Å². The minimum absolute atomic E-state index is 0.349. The summed E-state index contributed by atoms with van der Waals surface area (Å²) in [6.07, 6.45) is 0. The highest BCUT2D eigenvalue weighted by molar-refractivity contribution is 6.09. The zero-order chi connectivity index (χ0) is 33.0. The minimum atomic E-state index is -0.600. The van der Waals surface area contributed by atoms with Crippen LogP contribution in [0.4, 0.5) is 16.2 Å². The average molecular weight is 605 g/mol. The first-order valence-corrected chi connectivity index (χ1v) is 12.6. The molecule has 0 atom stereocenters. The Morgan fingerprint density at radius 2 is 0.727 bits per heavy atom. The molecule has 0 bridgehead atoms. The summed E-state index contributed by atoms with van der Waals surface area (Å²) in [4.78, 5) is 13.2. The summed E-state index contributed by atoms with van der Waals surface area (Å²) in [5.74, 6) is -1.40. The summed E-state index contributed by atoms with van der Waals surface area (Å²) in [5, 5.41) is 51.2. The molecule has 0 heterocycles. The lowest BCUT2D eigenvalue weighted by atomic mass is 10.0. The molecule has 0 unspecified atom stereocenters. The van der Waals surface area contributed by atoms with Crippen molar-refractivity contribution < 1.29 is 4.79 Å². The number of hydrogen-bond acceptors (Lipinski definition) is 9. The number of benzene rings is 2. The molecule has 0 aliphatic rings. The van der Waals surface area contributed by atoms with Crippen molar-refractivity contribution in [2.45, 2.75) is 27.7 Å². The molecule has 232 valence electrons. The number of urea groups is 1. The fourth-order valence-corrected chi connectivity index (χ4v) is 3.36. The third-order valence-corrected chi connectivity index (χ3v) is 5.43. The Bertz CT molecular complexity index is 1370. The Balaban J connectivity index is 2.49. The van der Waals surface area contributed by atoms with Crippen molar-refractivity contribution in [3.05, 3.63) is 58.7 Å². The number of nitrogens with two attached hydrogens (primary N) is 4. The van der Waals surface area contributed by atoms with E-state index in [-0.39, 0.29) is 23.8 Å². The predicted molar refractivity (Wildman–Crippen MR) is 175 cm³/mol. The van der Waals surface area contributed by atoms with Gasteiger partial charge in [0.1, 0.15) is 0 Å². The number of carbonyl (C=O) groups excluding carboxylic acids is 1. The molecule has 2 aromatic rings. The molecule has 0 saturated heterocycles. The zero-order valence-electron chi connectivity index (χ0n) is 24.5. The molecule has 19 nitrogen and oxygen atoms in total. The lowest BCUT2D eigenvalue weighted by Gasteiger charge is -2.14. The maximum atomic E-state index is 13.2. The van der Waals surface area contributed by atoms with Crippen LogP contribution in [0.2, 0.25) is 0 Å². The molecule has 0 fully saturated rings. The standard InChI is InChI=1S/C25H36N18O/c1-11(36-40-21(26)27)15-5-16(12(2)37-41-22(28)29)8-19(7-15)34-25(44)35-20-9-17(13(3)38-42-23(30)31)6-18(10-20)14(4)39-43-24(32)33/h5-10H,1-4H3,(H4,26,27,40)(H4,28,29,41)(H4,30,31,42)(H4,32,33,43)(H2,34,35,44)/b36-11+,37-12+,38-13+,39-14+. The molecule has 0 aliphatic heterocycles.